The SMILES string of the molecule is CCCCSC(C=NC)=NC. The van der Waals surface area contributed by atoms with Crippen molar-refractivity contribution in [2.45, 2.75) is 19.8 Å². The first-order chi connectivity index (χ1) is 5.35. The highest BCUT2D eigenvalue weighted by Crippen LogP contribution is 2.05. The molecule has 0 bridgehead atoms. The van der Waals surface area contributed by atoms with Crippen molar-refractivity contribution in [3.8, 4) is 0 Å². The number of unbranched alkanes of at least 4 members (excludes halogenated alkanes) is 1. The predicted octanol–water partition coefficient (Wildman–Crippen LogP) is 2.25. The van der Waals surface area contributed by atoms with Crippen LogP contribution in [0.15, 0.2) is 9.98 Å². The van der Waals surface area contributed by atoms with Gasteiger partial charge >= 0.3 is 0 Å². The summed E-state index contributed by atoms with van der Waals surface area (Å²) in [5.41, 5.74) is 0. The number of nitrogens with zero attached hydrogens (tertiary/aromatic N) is 2. The smallest absolute Gasteiger partial charge is 0.108 e. The fourth-order valence-electron chi connectivity index (χ4n) is 0.591. The monoisotopic (exact) mass is 172 g/mol. The molecule has 0 unspecified atom stereocenters. The van der Waals surface area contributed by atoms with Crippen molar-refractivity contribution < 1.29 is 0 Å². The van der Waals surface area contributed by atoms with Gasteiger partial charge in [-0.3, -0.25) is 9.98 Å². The molecule has 0 N–H and O–H groups in total. The lowest BCUT2D eigenvalue weighted by atomic mass is 10.4. The Morgan fingerprint density at radius 1 is 1.45 bits per heavy atom. The van der Waals surface area contributed by atoms with Gasteiger partial charge in [-0.15, -0.1) is 11.8 Å². The number of aliphatic imine (C=N–C) groups is 2. The number of thioether (sulfide) groups is 1. The van der Waals surface area contributed by atoms with E-state index in [9.17, 15) is 0 Å². The first kappa shape index (κ1) is 10.7. The highest BCUT2D eigenvalue weighted by atomic mass is 32.2. The van der Waals surface area contributed by atoms with Crippen LogP contribution in [0.4, 0.5) is 0 Å². The molecular weight excluding hydrogens is 156 g/mol. The zero-order chi connectivity index (χ0) is 8.53. The average molecular weight is 172 g/mol. The van der Waals surface area contributed by atoms with Crippen molar-refractivity contribution in [3.63, 3.8) is 0 Å². The van der Waals surface area contributed by atoms with Crippen LogP contribution in [0.25, 0.3) is 0 Å². The van der Waals surface area contributed by atoms with Gasteiger partial charge in [-0.1, -0.05) is 13.3 Å². The molecule has 0 aliphatic heterocycles. The Kier molecular flexibility index (Phi) is 7.57. The minimum atomic E-state index is 1.03. The van der Waals surface area contributed by atoms with E-state index in [0.29, 0.717) is 0 Å². The maximum atomic E-state index is 4.08. The van der Waals surface area contributed by atoms with Crippen LogP contribution in [0.5, 0.6) is 0 Å². The van der Waals surface area contributed by atoms with E-state index in [1.807, 2.05) is 0 Å². The van der Waals surface area contributed by atoms with Crippen molar-refractivity contribution >= 4 is 23.0 Å². The normalized spacial score (nSPS) is 12.8. The highest BCUT2D eigenvalue weighted by molar-refractivity contribution is 8.15. The molecule has 0 aliphatic rings. The molecular formula is C8H16N2S. The molecule has 0 saturated carbocycles. The van der Waals surface area contributed by atoms with Crippen LogP contribution < -0.4 is 0 Å². The fraction of sp³-hybridized carbons (Fsp3) is 0.750. The Bertz CT molecular complexity index is 141. The van der Waals surface area contributed by atoms with Crippen LogP contribution in [-0.2, 0) is 0 Å². The van der Waals surface area contributed by atoms with Gasteiger partial charge in [0.15, 0.2) is 0 Å². The molecule has 11 heavy (non-hydrogen) atoms. The van der Waals surface area contributed by atoms with E-state index >= 15 is 0 Å². The molecule has 0 saturated heterocycles. The van der Waals surface area contributed by atoms with Crippen LogP contribution in [0, 0.1) is 0 Å². The lowest BCUT2D eigenvalue weighted by molar-refractivity contribution is 0.898. The lowest BCUT2D eigenvalue weighted by Crippen LogP contribution is -1.95. The average Bonchev–Trinajstić information content (AvgIpc) is 2.03. The van der Waals surface area contributed by atoms with Crippen LogP contribution in [0.3, 0.4) is 0 Å². The molecule has 0 atom stereocenters. The summed E-state index contributed by atoms with van der Waals surface area (Å²) in [5, 5.41) is 1.03. The molecule has 0 heterocycles. The zero-order valence-corrected chi connectivity index (χ0v) is 8.32. The quantitative estimate of drug-likeness (QED) is 0.362. The first-order valence-electron chi connectivity index (χ1n) is 3.86. The van der Waals surface area contributed by atoms with Crippen molar-refractivity contribution in [2.75, 3.05) is 19.8 Å². The molecule has 0 aromatic heterocycles. The molecule has 0 spiro atoms. The summed E-state index contributed by atoms with van der Waals surface area (Å²) in [5.74, 6) is 1.15. The molecule has 0 radical (unpaired) electrons. The summed E-state index contributed by atoms with van der Waals surface area (Å²) in [7, 11) is 3.57. The van der Waals surface area contributed by atoms with Crippen LogP contribution >= 0.6 is 11.8 Å². The maximum absolute atomic E-state index is 4.08. The van der Waals surface area contributed by atoms with Gasteiger partial charge in [-0.25, -0.2) is 0 Å². The Balaban J connectivity index is 3.54. The van der Waals surface area contributed by atoms with Gasteiger partial charge in [0.1, 0.15) is 5.04 Å². The minimum Gasteiger partial charge on any atom is -0.294 e. The third-order valence-corrected chi connectivity index (χ3v) is 2.28. The fourth-order valence-corrected chi connectivity index (χ4v) is 1.54. The summed E-state index contributed by atoms with van der Waals surface area (Å²) >= 11 is 1.77. The van der Waals surface area contributed by atoms with Crippen LogP contribution in [0.2, 0.25) is 0 Å². The van der Waals surface area contributed by atoms with E-state index in [1.54, 1.807) is 32.1 Å². The van der Waals surface area contributed by atoms with Crippen molar-refractivity contribution in [2.24, 2.45) is 9.98 Å². The summed E-state index contributed by atoms with van der Waals surface area (Å²) in [6, 6.07) is 0. The molecule has 0 amide bonds. The van der Waals surface area contributed by atoms with E-state index in [-0.39, 0.29) is 0 Å². The van der Waals surface area contributed by atoms with Gasteiger partial charge < -0.3 is 0 Å². The van der Waals surface area contributed by atoms with E-state index in [0.717, 1.165) is 10.8 Å². The molecule has 0 aromatic carbocycles. The standard InChI is InChI=1S/C8H16N2S/c1-4-5-6-11-8(10-3)7-9-2/h7H,4-6H2,1-3H3. The molecule has 0 aromatic rings. The third kappa shape index (κ3) is 6.10. The van der Waals surface area contributed by atoms with Crippen molar-refractivity contribution in [1.29, 1.82) is 0 Å². The van der Waals surface area contributed by atoms with Gasteiger partial charge in [0.2, 0.25) is 0 Å². The molecule has 64 valence electrons. The van der Waals surface area contributed by atoms with Gasteiger partial charge in [-0.2, -0.15) is 0 Å². The minimum absolute atomic E-state index is 1.03. The number of rotatable bonds is 4. The van der Waals surface area contributed by atoms with Gasteiger partial charge in [0, 0.05) is 14.1 Å². The van der Waals surface area contributed by atoms with Gasteiger partial charge in [0.05, 0.1) is 6.21 Å². The molecule has 2 nitrogen and oxygen atoms in total. The molecule has 0 fully saturated rings. The second-order valence-corrected chi connectivity index (χ2v) is 3.27. The van der Waals surface area contributed by atoms with Crippen molar-refractivity contribution in [3.05, 3.63) is 0 Å². The second kappa shape index (κ2) is 7.79. The first-order valence-corrected chi connectivity index (χ1v) is 4.85. The topological polar surface area (TPSA) is 24.7 Å². The lowest BCUT2D eigenvalue weighted by Gasteiger charge is -1.96. The summed E-state index contributed by atoms with van der Waals surface area (Å²) in [6.07, 6.45) is 4.30. The summed E-state index contributed by atoms with van der Waals surface area (Å²) in [6.45, 7) is 2.19. The molecule has 0 rings (SSSR count). The van der Waals surface area contributed by atoms with Gasteiger partial charge in [-0.05, 0) is 12.2 Å². The van der Waals surface area contributed by atoms with E-state index in [1.165, 1.54) is 12.8 Å². The molecule has 0 aliphatic carbocycles. The zero-order valence-electron chi connectivity index (χ0n) is 7.50. The predicted molar refractivity (Wildman–Crippen MR) is 55.1 cm³/mol. The number of hydrogen-bond donors (Lipinski definition) is 0. The Labute approximate surface area is 73.2 Å². The third-order valence-electron chi connectivity index (χ3n) is 1.21. The van der Waals surface area contributed by atoms with E-state index in [4.69, 9.17) is 0 Å². The summed E-state index contributed by atoms with van der Waals surface area (Å²) < 4.78 is 0. The van der Waals surface area contributed by atoms with E-state index < -0.39 is 0 Å². The van der Waals surface area contributed by atoms with Crippen LogP contribution in [0.1, 0.15) is 19.8 Å². The highest BCUT2D eigenvalue weighted by Gasteiger charge is 1.92. The van der Waals surface area contributed by atoms with Crippen molar-refractivity contribution in [1.82, 2.24) is 0 Å². The molecule has 3 heteroatoms. The maximum Gasteiger partial charge on any atom is 0.108 e. The Hall–Kier alpha value is -0.310. The Morgan fingerprint density at radius 2 is 2.18 bits per heavy atom. The summed E-state index contributed by atoms with van der Waals surface area (Å²) in [4.78, 5) is 7.99. The second-order valence-electron chi connectivity index (χ2n) is 2.15. The van der Waals surface area contributed by atoms with E-state index in [2.05, 4.69) is 16.9 Å². The largest absolute Gasteiger partial charge is 0.294 e. The van der Waals surface area contributed by atoms with Gasteiger partial charge in [0.25, 0.3) is 0 Å². The Morgan fingerprint density at radius 3 is 2.64 bits per heavy atom. The number of hydrogen-bond acceptors (Lipinski definition) is 3. The van der Waals surface area contributed by atoms with Crippen LogP contribution in [-0.4, -0.2) is 31.1 Å².